The maximum Gasteiger partial charge on any atom is 0.226 e. The highest BCUT2D eigenvalue weighted by molar-refractivity contribution is 5.79. The molecule has 4 fully saturated rings. The Morgan fingerprint density at radius 3 is 2.43 bits per heavy atom. The van der Waals surface area contributed by atoms with Crippen LogP contribution in [0, 0.1) is 18.8 Å². The number of fused-ring (bicyclic) bond motifs is 2. The van der Waals surface area contributed by atoms with Crippen LogP contribution >= 0.6 is 0 Å². The number of piperidine rings is 2. The summed E-state index contributed by atoms with van der Waals surface area (Å²) in [4.78, 5) is 20.8. The van der Waals surface area contributed by atoms with Crippen LogP contribution in [0.4, 0.5) is 0 Å². The Bertz CT molecular complexity index is 734. The first-order valence-electron chi connectivity index (χ1n) is 12.5. The fourth-order valence-electron chi connectivity index (χ4n) is 6.63. The quantitative estimate of drug-likeness (QED) is 0.750. The maximum atomic E-state index is 13.2. The van der Waals surface area contributed by atoms with Gasteiger partial charge in [-0.15, -0.1) is 0 Å². The Hall–Kier alpha value is -1.39. The number of hydrogen-bond acceptors (Lipinski definition) is 3. The third-order valence-electron chi connectivity index (χ3n) is 8.54. The molecule has 2 bridgehead atoms. The Kier molecular flexibility index (Phi) is 6.15. The minimum Gasteiger partial charge on any atom is -0.339 e. The lowest BCUT2D eigenvalue weighted by molar-refractivity contribution is -0.138. The van der Waals surface area contributed by atoms with Gasteiger partial charge in [0, 0.05) is 31.1 Å². The van der Waals surface area contributed by atoms with Crippen molar-refractivity contribution >= 4 is 5.91 Å². The van der Waals surface area contributed by atoms with E-state index in [1.165, 1.54) is 62.7 Å². The predicted octanol–water partition coefficient (Wildman–Crippen LogP) is 4.07. The third-order valence-corrected chi connectivity index (χ3v) is 8.54. The fourth-order valence-corrected chi connectivity index (χ4v) is 6.63. The summed E-state index contributed by atoms with van der Waals surface area (Å²) < 4.78 is 0. The predicted molar refractivity (Wildman–Crippen MR) is 121 cm³/mol. The smallest absolute Gasteiger partial charge is 0.226 e. The van der Waals surface area contributed by atoms with Gasteiger partial charge in [0.25, 0.3) is 0 Å². The highest BCUT2D eigenvalue weighted by Crippen LogP contribution is 2.37. The molecule has 1 aromatic carbocycles. The van der Waals surface area contributed by atoms with Gasteiger partial charge in [-0.3, -0.25) is 9.69 Å². The number of nitrogens with zero attached hydrogens (tertiary/aromatic N) is 3. The zero-order chi connectivity index (χ0) is 20.5. The van der Waals surface area contributed by atoms with Gasteiger partial charge in [-0.25, -0.2) is 0 Å². The van der Waals surface area contributed by atoms with Gasteiger partial charge in [0.05, 0.1) is 0 Å². The second kappa shape index (κ2) is 9.00. The second-order valence-electron chi connectivity index (χ2n) is 10.4. The first kappa shape index (κ1) is 20.5. The van der Waals surface area contributed by atoms with Gasteiger partial charge < -0.3 is 9.80 Å². The van der Waals surface area contributed by atoms with Gasteiger partial charge >= 0.3 is 0 Å². The zero-order valence-electron chi connectivity index (χ0n) is 18.8. The average molecular weight is 410 g/mol. The normalized spacial score (nSPS) is 29.4. The molecule has 0 unspecified atom stereocenters. The maximum absolute atomic E-state index is 13.2. The number of aryl methyl sites for hydroxylation is 1. The summed E-state index contributed by atoms with van der Waals surface area (Å²) in [7, 11) is 0. The number of hydrogen-bond donors (Lipinski definition) is 0. The number of carbonyl (C=O) groups excluding carboxylic acids is 1. The number of likely N-dealkylation sites (tertiary alicyclic amines) is 3. The molecule has 30 heavy (non-hydrogen) atoms. The minimum absolute atomic E-state index is 0.293. The van der Waals surface area contributed by atoms with Crippen molar-refractivity contribution < 1.29 is 4.79 Å². The fraction of sp³-hybridized carbons (Fsp3) is 0.731. The molecule has 3 saturated heterocycles. The lowest BCUT2D eigenvalue weighted by Gasteiger charge is -2.42. The van der Waals surface area contributed by atoms with Crippen molar-refractivity contribution in [2.45, 2.75) is 76.9 Å². The summed E-state index contributed by atoms with van der Waals surface area (Å²) >= 11 is 0. The summed E-state index contributed by atoms with van der Waals surface area (Å²) in [6.45, 7) is 9.03. The van der Waals surface area contributed by atoms with Gasteiger partial charge in [0.1, 0.15) is 0 Å². The van der Waals surface area contributed by atoms with Gasteiger partial charge in [0.2, 0.25) is 5.91 Å². The van der Waals surface area contributed by atoms with Crippen LogP contribution in [0.15, 0.2) is 24.3 Å². The first-order valence-corrected chi connectivity index (χ1v) is 12.5. The second-order valence-corrected chi connectivity index (χ2v) is 10.4. The van der Waals surface area contributed by atoms with Crippen LogP contribution in [0.25, 0.3) is 0 Å². The molecule has 3 aliphatic heterocycles. The minimum atomic E-state index is 0.293. The number of amides is 1. The van der Waals surface area contributed by atoms with Crippen LogP contribution < -0.4 is 0 Å². The molecule has 2 atom stereocenters. The molecule has 1 aliphatic carbocycles. The van der Waals surface area contributed by atoms with E-state index in [-0.39, 0.29) is 0 Å². The standard InChI is InChI=1S/C26H39N3O/c1-20-5-2-3-7-23(20)19-27-13-11-24(12-14-27)28-15-9-22(10-16-28)26(30)29-18-21-6-4-8-25(29)17-21/h2-3,5,7,21-22,24-25H,4,6,8-19H2,1H3/t21-,25+/m0/s1. The summed E-state index contributed by atoms with van der Waals surface area (Å²) in [5.74, 6) is 1.59. The Labute approximate surface area is 182 Å². The van der Waals surface area contributed by atoms with E-state index in [1.807, 2.05) is 0 Å². The largest absolute Gasteiger partial charge is 0.339 e. The zero-order valence-corrected chi connectivity index (χ0v) is 18.8. The van der Waals surface area contributed by atoms with Crippen molar-refractivity contribution in [2.75, 3.05) is 32.7 Å². The van der Waals surface area contributed by atoms with Crippen molar-refractivity contribution in [3.05, 3.63) is 35.4 Å². The lowest BCUT2D eigenvalue weighted by Crippen LogP contribution is -2.49. The number of carbonyl (C=O) groups is 1. The molecule has 1 aromatic rings. The Morgan fingerprint density at radius 1 is 0.933 bits per heavy atom. The molecule has 0 aromatic heterocycles. The van der Waals surface area contributed by atoms with Gasteiger partial charge in [0.15, 0.2) is 0 Å². The summed E-state index contributed by atoms with van der Waals surface area (Å²) in [6, 6.07) is 10.1. The lowest BCUT2D eigenvalue weighted by atomic mass is 9.90. The molecule has 3 heterocycles. The van der Waals surface area contributed by atoms with Crippen LogP contribution in [-0.4, -0.2) is 65.4 Å². The summed E-state index contributed by atoms with van der Waals surface area (Å²) in [5, 5.41) is 0. The van der Waals surface area contributed by atoms with Crippen molar-refractivity contribution in [1.82, 2.24) is 14.7 Å². The van der Waals surface area contributed by atoms with Crippen molar-refractivity contribution in [1.29, 1.82) is 0 Å². The highest BCUT2D eigenvalue weighted by atomic mass is 16.2. The van der Waals surface area contributed by atoms with Gasteiger partial charge in [-0.2, -0.15) is 0 Å². The van der Waals surface area contributed by atoms with E-state index in [9.17, 15) is 4.79 Å². The molecule has 0 spiro atoms. The van der Waals surface area contributed by atoms with Crippen LogP contribution in [0.5, 0.6) is 0 Å². The van der Waals surface area contributed by atoms with Crippen LogP contribution in [0.2, 0.25) is 0 Å². The molecule has 4 nitrogen and oxygen atoms in total. The summed E-state index contributed by atoms with van der Waals surface area (Å²) in [6.07, 6.45) is 9.93. The van der Waals surface area contributed by atoms with E-state index < -0.39 is 0 Å². The van der Waals surface area contributed by atoms with Crippen molar-refractivity contribution in [3.63, 3.8) is 0 Å². The topological polar surface area (TPSA) is 26.8 Å². The molecule has 1 amide bonds. The van der Waals surface area contributed by atoms with E-state index in [0.717, 1.165) is 51.0 Å². The molecule has 0 N–H and O–H groups in total. The van der Waals surface area contributed by atoms with E-state index in [0.29, 0.717) is 17.9 Å². The number of benzene rings is 1. The van der Waals surface area contributed by atoms with E-state index in [2.05, 4.69) is 45.9 Å². The SMILES string of the molecule is Cc1ccccc1CN1CCC(N2CCC(C(=O)N3C[C@H]4CCC[C@@H]3C4)CC2)CC1. The van der Waals surface area contributed by atoms with Gasteiger partial charge in [-0.1, -0.05) is 30.7 Å². The molecule has 4 heteroatoms. The summed E-state index contributed by atoms with van der Waals surface area (Å²) in [5.41, 5.74) is 2.88. The van der Waals surface area contributed by atoms with Crippen LogP contribution in [-0.2, 0) is 11.3 Å². The monoisotopic (exact) mass is 409 g/mol. The van der Waals surface area contributed by atoms with Crippen LogP contribution in [0.1, 0.15) is 62.5 Å². The Morgan fingerprint density at radius 2 is 1.70 bits per heavy atom. The van der Waals surface area contributed by atoms with Crippen molar-refractivity contribution in [2.24, 2.45) is 11.8 Å². The van der Waals surface area contributed by atoms with E-state index >= 15 is 0 Å². The molecule has 1 saturated carbocycles. The van der Waals surface area contributed by atoms with E-state index in [1.54, 1.807) is 0 Å². The molecular formula is C26H39N3O. The molecule has 4 aliphatic rings. The van der Waals surface area contributed by atoms with Crippen LogP contribution in [0.3, 0.4) is 0 Å². The number of rotatable bonds is 4. The van der Waals surface area contributed by atoms with Crippen molar-refractivity contribution in [3.8, 4) is 0 Å². The third kappa shape index (κ3) is 4.31. The average Bonchev–Trinajstić information content (AvgIpc) is 3.08. The molecule has 164 valence electrons. The molecule has 0 radical (unpaired) electrons. The highest BCUT2D eigenvalue weighted by Gasteiger charge is 2.41. The Balaban J connectivity index is 1.08. The first-order chi connectivity index (χ1) is 14.7. The molecular weight excluding hydrogens is 370 g/mol. The van der Waals surface area contributed by atoms with Gasteiger partial charge in [-0.05, 0) is 95.1 Å². The van der Waals surface area contributed by atoms with E-state index in [4.69, 9.17) is 0 Å². The molecule has 5 rings (SSSR count).